The van der Waals surface area contributed by atoms with Gasteiger partial charge >= 0.3 is 0 Å². The highest BCUT2D eigenvalue weighted by atomic mass is 35.5. The molecule has 4 aliphatic rings. The van der Waals surface area contributed by atoms with Crippen molar-refractivity contribution in [1.82, 2.24) is 10.6 Å². The second-order valence-corrected chi connectivity index (χ2v) is 12.8. The van der Waals surface area contributed by atoms with E-state index in [0.717, 1.165) is 6.07 Å². The second-order valence-electron chi connectivity index (χ2n) is 11.9. The topological polar surface area (TPSA) is 99.7 Å². The van der Waals surface area contributed by atoms with Gasteiger partial charge in [-0.3, -0.25) is 23.7 Å². The lowest BCUT2D eigenvalue weighted by Crippen LogP contribution is -2.70. The van der Waals surface area contributed by atoms with Gasteiger partial charge in [-0.15, -0.1) is 0 Å². The monoisotopic (exact) mass is 611 g/mol. The predicted octanol–water partition coefficient (Wildman–Crippen LogP) is 4.19. The van der Waals surface area contributed by atoms with Crippen molar-refractivity contribution in [3.05, 3.63) is 63.4 Å². The first-order valence-corrected chi connectivity index (χ1v) is 14.4. The molecule has 0 bridgehead atoms. The van der Waals surface area contributed by atoms with Crippen molar-refractivity contribution >= 4 is 40.7 Å². The molecule has 220 valence electrons. The number of amides is 2. The molecule has 2 amide bonds. The van der Waals surface area contributed by atoms with Crippen LogP contribution in [-0.4, -0.2) is 67.2 Å². The van der Waals surface area contributed by atoms with Crippen LogP contribution in [-0.2, 0) is 19.7 Å². The number of aliphatic hydroxyl groups is 1. The van der Waals surface area contributed by atoms with Crippen LogP contribution in [0.25, 0.3) is 0 Å². The molecule has 2 saturated heterocycles. The quantitative estimate of drug-likeness (QED) is 0.392. The standard InChI is InChI=1S/C29H30Cl2F3N3O4/c30-16-1-4-21-22(8-16)36-26(40)29(21)23(15-5-17(31)7-18(34)6-15)24(37-28(29)11-27(12-28,13-32)14-33)25(39)35-19-2-3-20(9-38)41-10-19/h1,4-8,19-20,23-24,37-38H,2-3,9-14H2,(H,35,39)(H,36,40)/t19-,20+,23+,24-,29-/m1/s1. The molecule has 6 rings (SSSR count). The largest absolute Gasteiger partial charge is 0.394 e. The van der Waals surface area contributed by atoms with Crippen molar-refractivity contribution in [2.75, 3.05) is 31.9 Å². The molecule has 3 aliphatic heterocycles. The number of hydrogen-bond acceptors (Lipinski definition) is 5. The zero-order valence-corrected chi connectivity index (χ0v) is 23.5. The number of alkyl halides is 2. The third-order valence-corrected chi connectivity index (χ3v) is 9.82. The number of carbonyl (C=O) groups excluding carboxylic acids is 2. The lowest BCUT2D eigenvalue weighted by molar-refractivity contribution is -0.131. The van der Waals surface area contributed by atoms with E-state index in [1.54, 1.807) is 18.2 Å². The molecule has 0 unspecified atom stereocenters. The summed E-state index contributed by atoms with van der Waals surface area (Å²) in [5.41, 5.74) is -2.85. The highest BCUT2D eigenvalue weighted by Gasteiger charge is 2.77. The van der Waals surface area contributed by atoms with Crippen LogP contribution in [0.4, 0.5) is 18.9 Å². The fourth-order valence-corrected chi connectivity index (χ4v) is 8.14. The maximum Gasteiger partial charge on any atom is 0.238 e. The Labute approximate surface area is 245 Å². The normalized spacial score (nSPS) is 31.1. The van der Waals surface area contributed by atoms with Gasteiger partial charge in [0.25, 0.3) is 0 Å². The van der Waals surface area contributed by atoms with Gasteiger partial charge in [0.2, 0.25) is 11.8 Å². The second kappa shape index (κ2) is 10.4. The number of aliphatic hydroxyl groups excluding tert-OH is 1. The van der Waals surface area contributed by atoms with Crippen LogP contribution < -0.4 is 16.0 Å². The van der Waals surface area contributed by atoms with E-state index in [9.17, 15) is 27.9 Å². The molecule has 0 aromatic heterocycles. The van der Waals surface area contributed by atoms with E-state index in [0.29, 0.717) is 34.7 Å². The van der Waals surface area contributed by atoms with Gasteiger partial charge in [-0.25, -0.2) is 4.39 Å². The Balaban J connectivity index is 1.50. The van der Waals surface area contributed by atoms with Crippen LogP contribution in [0.2, 0.25) is 10.0 Å². The minimum atomic E-state index is -1.54. The molecule has 5 atom stereocenters. The molecule has 1 saturated carbocycles. The first kappa shape index (κ1) is 28.7. The minimum absolute atomic E-state index is 0.0590. The molecule has 1 aliphatic carbocycles. The molecule has 0 radical (unpaired) electrons. The molecular weight excluding hydrogens is 582 g/mol. The number of benzene rings is 2. The fraction of sp³-hybridized carbons (Fsp3) is 0.517. The Kier molecular flexibility index (Phi) is 7.30. The number of hydrogen-bond donors (Lipinski definition) is 4. The van der Waals surface area contributed by atoms with E-state index in [1.807, 2.05) is 0 Å². The van der Waals surface area contributed by atoms with Crippen LogP contribution in [0.3, 0.4) is 0 Å². The number of halogens is 5. The van der Waals surface area contributed by atoms with Crippen molar-refractivity contribution in [1.29, 1.82) is 0 Å². The van der Waals surface area contributed by atoms with E-state index >= 15 is 0 Å². The average molecular weight is 612 g/mol. The Bertz CT molecular complexity index is 1360. The van der Waals surface area contributed by atoms with Gasteiger partial charge < -0.3 is 20.5 Å². The molecule has 12 heteroatoms. The Hall–Kier alpha value is -2.37. The molecule has 7 nitrogen and oxygen atoms in total. The maximum atomic E-state index is 14.8. The number of rotatable bonds is 6. The van der Waals surface area contributed by atoms with E-state index in [4.69, 9.17) is 27.9 Å². The summed E-state index contributed by atoms with van der Waals surface area (Å²) in [5.74, 6) is -2.58. The maximum absolute atomic E-state index is 14.8. The average Bonchev–Trinajstić information content (AvgIpc) is 3.39. The minimum Gasteiger partial charge on any atom is -0.394 e. The Morgan fingerprint density at radius 3 is 2.49 bits per heavy atom. The third kappa shape index (κ3) is 4.36. The molecule has 2 spiro atoms. The summed E-state index contributed by atoms with van der Waals surface area (Å²) in [5, 5.41) is 19.1. The van der Waals surface area contributed by atoms with E-state index in [2.05, 4.69) is 16.0 Å². The van der Waals surface area contributed by atoms with Gasteiger partial charge in [-0.1, -0.05) is 29.3 Å². The number of carbonyl (C=O) groups is 2. The SMILES string of the molecule is O=C(N[C@@H]1CC[C@@H](CO)OC1)[C@@H]1NC2(CC(CF)(CF)C2)[C@@]2(C(=O)Nc3cc(Cl)ccc32)[C@H]1c1cc(F)cc(Cl)c1. The Morgan fingerprint density at radius 1 is 1.10 bits per heavy atom. The molecule has 2 aromatic rings. The number of nitrogens with one attached hydrogen (secondary N) is 3. The lowest BCUT2D eigenvalue weighted by Gasteiger charge is -2.59. The van der Waals surface area contributed by atoms with Gasteiger partial charge in [0.1, 0.15) is 11.2 Å². The van der Waals surface area contributed by atoms with Crippen molar-refractivity contribution in [2.45, 2.75) is 60.7 Å². The van der Waals surface area contributed by atoms with Crippen LogP contribution in [0.5, 0.6) is 0 Å². The summed E-state index contributed by atoms with van der Waals surface area (Å²) in [6, 6.07) is 7.33. The summed E-state index contributed by atoms with van der Waals surface area (Å²) >= 11 is 12.5. The van der Waals surface area contributed by atoms with E-state index < -0.39 is 59.3 Å². The molecule has 2 aromatic carbocycles. The van der Waals surface area contributed by atoms with Gasteiger partial charge in [0, 0.05) is 32.6 Å². The molecule has 3 fully saturated rings. The highest BCUT2D eigenvalue weighted by molar-refractivity contribution is 6.31. The number of fused-ring (bicyclic) bond motifs is 3. The Morgan fingerprint density at radius 2 is 1.85 bits per heavy atom. The van der Waals surface area contributed by atoms with Crippen LogP contribution in [0.15, 0.2) is 36.4 Å². The molecule has 3 heterocycles. The van der Waals surface area contributed by atoms with Crippen LogP contribution in [0.1, 0.15) is 42.7 Å². The molecular formula is C29H30Cl2F3N3O4. The predicted molar refractivity (Wildman–Crippen MR) is 147 cm³/mol. The zero-order chi connectivity index (χ0) is 29.2. The van der Waals surface area contributed by atoms with Crippen LogP contribution >= 0.6 is 23.2 Å². The van der Waals surface area contributed by atoms with E-state index in [-0.39, 0.29) is 43.2 Å². The van der Waals surface area contributed by atoms with Crippen LogP contribution in [0, 0.1) is 11.2 Å². The smallest absolute Gasteiger partial charge is 0.238 e. The first-order chi connectivity index (χ1) is 19.6. The fourth-order valence-electron chi connectivity index (χ4n) is 7.74. The van der Waals surface area contributed by atoms with Crippen molar-refractivity contribution in [2.24, 2.45) is 5.41 Å². The van der Waals surface area contributed by atoms with Crippen molar-refractivity contribution in [3.8, 4) is 0 Å². The first-order valence-electron chi connectivity index (χ1n) is 13.6. The summed E-state index contributed by atoms with van der Waals surface area (Å²) in [6.07, 6.45) is 0.678. The number of ether oxygens (including phenoxy) is 1. The third-order valence-electron chi connectivity index (χ3n) is 9.37. The number of anilines is 1. The summed E-state index contributed by atoms with van der Waals surface area (Å²) in [7, 11) is 0. The summed E-state index contributed by atoms with van der Waals surface area (Å²) in [6.45, 7) is -1.81. The summed E-state index contributed by atoms with van der Waals surface area (Å²) in [4.78, 5) is 28.3. The summed E-state index contributed by atoms with van der Waals surface area (Å²) < 4.78 is 48.9. The van der Waals surface area contributed by atoms with Crippen molar-refractivity contribution < 1.29 is 32.6 Å². The molecule has 41 heavy (non-hydrogen) atoms. The van der Waals surface area contributed by atoms with Gasteiger partial charge in [0.15, 0.2) is 0 Å². The van der Waals surface area contributed by atoms with Gasteiger partial charge in [0.05, 0.1) is 44.8 Å². The lowest BCUT2D eigenvalue weighted by atomic mass is 9.46. The zero-order valence-electron chi connectivity index (χ0n) is 22.0. The van der Waals surface area contributed by atoms with Crippen molar-refractivity contribution in [3.63, 3.8) is 0 Å². The van der Waals surface area contributed by atoms with Gasteiger partial charge in [-0.05, 0) is 67.1 Å². The molecule has 4 N–H and O–H groups in total. The van der Waals surface area contributed by atoms with Gasteiger partial charge in [-0.2, -0.15) is 0 Å². The highest BCUT2D eigenvalue weighted by Crippen LogP contribution is 2.68. The van der Waals surface area contributed by atoms with E-state index in [1.165, 1.54) is 12.1 Å².